The van der Waals surface area contributed by atoms with E-state index in [2.05, 4.69) is 20.5 Å². The summed E-state index contributed by atoms with van der Waals surface area (Å²) in [6.45, 7) is 5.90. The molecule has 0 spiro atoms. The smallest absolute Gasteiger partial charge is 0.315 e. The van der Waals surface area contributed by atoms with Crippen molar-refractivity contribution in [3.8, 4) is 0 Å². The largest absolute Gasteiger partial charge is 0.379 e. The quantitative estimate of drug-likeness (QED) is 0.308. The number of unbranched alkanes of at least 4 members (excludes halogenated alkanes) is 3. The normalized spacial score (nSPS) is 17.1. The summed E-state index contributed by atoms with van der Waals surface area (Å²) >= 11 is 0. The molecule has 1 saturated carbocycles. The molecule has 2 N–H and O–H groups in total. The maximum atomic E-state index is 13.0. The zero-order valence-corrected chi connectivity index (χ0v) is 21.1. The van der Waals surface area contributed by atoms with E-state index >= 15 is 0 Å². The fraction of sp³-hybridized carbons (Fsp3) is 0.731. The highest BCUT2D eigenvalue weighted by atomic mass is 16.7. The molecule has 2 aliphatic rings. The summed E-state index contributed by atoms with van der Waals surface area (Å²) in [6.07, 6.45) is 13.3. The van der Waals surface area contributed by atoms with Crippen molar-refractivity contribution in [2.75, 3.05) is 46.0 Å². The molecule has 0 bridgehead atoms. The highest BCUT2D eigenvalue weighted by Gasteiger charge is 2.26. The lowest BCUT2D eigenvalue weighted by atomic mass is 9.95. The first-order chi connectivity index (χ1) is 17.2. The Labute approximate surface area is 209 Å². The number of hydrogen-bond donors (Lipinski definition) is 2. The third kappa shape index (κ3) is 10.9. The van der Waals surface area contributed by atoms with Crippen LogP contribution in [0.3, 0.4) is 0 Å². The Bertz CT molecular complexity index is 724. The number of morpholine rings is 1. The van der Waals surface area contributed by atoms with Gasteiger partial charge in [0, 0.05) is 51.5 Å². The van der Waals surface area contributed by atoms with Gasteiger partial charge in [0.25, 0.3) is 0 Å². The van der Waals surface area contributed by atoms with Crippen LogP contribution < -0.4 is 10.6 Å². The van der Waals surface area contributed by atoms with Crippen LogP contribution in [-0.4, -0.2) is 78.9 Å². The second-order valence-electron chi connectivity index (χ2n) is 9.43. The van der Waals surface area contributed by atoms with E-state index in [1.165, 1.54) is 19.3 Å². The lowest BCUT2D eigenvalue weighted by Crippen LogP contribution is -2.44. The summed E-state index contributed by atoms with van der Waals surface area (Å²) in [5.41, 5.74) is 0.972. The maximum Gasteiger partial charge on any atom is 0.315 e. The first-order valence-corrected chi connectivity index (χ1v) is 13.4. The number of urea groups is 1. The van der Waals surface area contributed by atoms with E-state index in [1.54, 1.807) is 17.5 Å². The van der Waals surface area contributed by atoms with Crippen molar-refractivity contribution < 1.29 is 19.2 Å². The Morgan fingerprint density at radius 3 is 2.66 bits per heavy atom. The van der Waals surface area contributed by atoms with Crippen LogP contribution in [0.4, 0.5) is 4.79 Å². The van der Waals surface area contributed by atoms with Crippen molar-refractivity contribution >= 4 is 11.9 Å². The Kier molecular flexibility index (Phi) is 12.9. The molecule has 196 valence electrons. The van der Waals surface area contributed by atoms with Gasteiger partial charge in [-0.3, -0.25) is 19.5 Å². The zero-order chi connectivity index (χ0) is 24.6. The molecular formula is C26H43N5O4. The number of carbonyl (C=O) groups excluding carboxylic acids is 2. The van der Waals surface area contributed by atoms with Gasteiger partial charge in [0.2, 0.25) is 5.91 Å². The lowest BCUT2D eigenvalue weighted by molar-refractivity contribution is -0.205. The van der Waals surface area contributed by atoms with Crippen molar-refractivity contribution in [1.29, 1.82) is 0 Å². The lowest BCUT2D eigenvalue weighted by Gasteiger charge is -2.34. The average molecular weight is 490 g/mol. The number of rotatable bonds is 14. The van der Waals surface area contributed by atoms with Crippen molar-refractivity contribution in [3.63, 3.8) is 0 Å². The number of hydrogen-bond acceptors (Lipinski definition) is 6. The van der Waals surface area contributed by atoms with Gasteiger partial charge >= 0.3 is 6.03 Å². The van der Waals surface area contributed by atoms with Crippen LogP contribution in [-0.2, 0) is 20.9 Å². The van der Waals surface area contributed by atoms with Gasteiger partial charge in [-0.05, 0) is 37.3 Å². The highest BCUT2D eigenvalue weighted by Crippen LogP contribution is 2.24. The van der Waals surface area contributed by atoms with E-state index < -0.39 is 0 Å². The molecule has 2 fully saturated rings. The van der Waals surface area contributed by atoms with Gasteiger partial charge in [-0.2, -0.15) is 0 Å². The molecule has 0 aromatic carbocycles. The van der Waals surface area contributed by atoms with Gasteiger partial charge in [-0.1, -0.05) is 38.2 Å². The molecule has 0 atom stereocenters. The number of nitrogens with zero attached hydrogens (tertiary/aromatic N) is 3. The van der Waals surface area contributed by atoms with Gasteiger partial charge < -0.3 is 15.4 Å². The van der Waals surface area contributed by atoms with E-state index in [1.807, 2.05) is 12.1 Å². The van der Waals surface area contributed by atoms with Crippen LogP contribution in [0.5, 0.6) is 0 Å². The Morgan fingerprint density at radius 1 is 1.09 bits per heavy atom. The number of hydroxylamine groups is 2. The van der Waals surface area contributed by atoms with E-state index in [0.29, 0.717) is 26.1 Å². The van der Waals surface area contributed by atoms with Gasteiger partial charge in [-0.25, -0.2) is 9.86 Å². The SMILES string of the molecule is O=C(NCCCCCCC(=O)N(OCCN1CCOCC1)C1CCCCC1)NCc1cccnc1. The Hall–Kier alpha value is -2.23. The van der Waals surface area contributed by atoms with Crippen LogP contribution in [0, 0.1) is 0 Å². The van der Waals surface area contributed by atoms with Crippen LogP contribution in [0.15, 0.2) is 24.5 Å². The number of carbonyl (C=O) groups is 2. The number of aromatic nitrogens is 1. The van der Waals surface area contributed by atoms with Crippen molar-refractivity contribution in [2.24, 2.45) is 0 Å². The molecule has 9 heteroatoms. The molecule has 9 nitrogen and oxygen atoms in total. The van der Waals surface area contributed by atoms with Crippen LogP contribution in [0.1, 0.15) is 69.8 Å². The highest BCUT2D eigenvalue weighted by molar-refractivity contribution is 5.75. The molecule has 3 amide bonds. The summed E-state index contributed by atoms with van der Waals surface area (Å²) in [7, 11) is 0. The first kappa shape index (κ1) is 27.4. The molecule has 1 aliphatic heterocycles. The molecule has 0 unspecified atom stereocenters. The van der Waals surface area contributed by atoms with E-state index in [0.717, 1.165) is 76.9 Å². The number of ether oxygens (including phenoxy) is 1. The maximum absolute atomic E-state index is 13.0. The zero-order valence-electron chi connectivity index (χ0n) is 21.1. The Morgan fingerprint density at radius 2 is 1.89 bits per heavy atom. The minimum absolute atomic E-state index is 0.117. The summed E-state index contributed by atoms with van der Waals surface area (Å²) < 4.78 is 5.41. The summed E-state index contributed by atoms with van der Waals surface area (Å²) in [6, 6.07) is 3.84. The molecular weight excluding hydrogens is 446 g/mol. The van der Waals surface area contributed by atoms with Gasteiger partial charge in [0.1, 0.15) is 0 Å². The molecule has 1 aromatic rings. The predicted octanol–water partition coefficient (Wildman–Crippen LogP) is 3.26. The summed E-state index contributed by atoms with van der Waals surface area (Å²) in [4.78, 5) is 37.3. The predicted molar refractivity (Wildman–Crippen MR) is 134 cm³/mol. The first-order valence-electron chi connectivity index (χ1n) is 13.4. The molecule has 2 heterocycles. The second kappa shape index (κ2) is 16.4. The minimum atomic E-state index is -0.165. The van der Waals surface area contributed by atoms with Gasteiger partial charge in [-0.15, -0.1) is 0 Å². The average Bonchev–Trinajstić information content (AvgIpc) is 2.91. The number of pyridine rings is 1. The van der Waals surface area contributed by atoms with Crippen LogP contribution >= 0.6 is 0 Å². The van der Waals surface area contributed by atoms with Crippen LogP contribution in [0.2, 0.25) is 0 Å². The topological polar surface area (TPSA) is 96.0 Å². The molecule has 1 saturated heterocycles. The second-order valence-corrected chi connectivity index (χ2v) is 9.43. The molecule has 1 aliphatic carbocycles. The number of nitrogens with one attached hydrogen (secondary N) is 2. The van der Waals surface area contributed by atoms with E-state index in [9.17, 15) is 9.59 Å². The van der Waals surface area contributed by atoms with E-state index in [4.69, 9.17) is 9.57 Å². The van der Waals surface area contributed by atoms with Gasteiger partial charge in [0.15, 0.2) is 0 Å². The summed E-state index contributed by atoms with van der Waals surface area (Å²) in [5, 5.41) is 7.44. The number of amides is 3. The standard InChI is InChI=1S/C26H43N5O4/c32-25(12-6-1-2-7-14-28-26(33)29-22-23-9-8-13-27-21-23)31(24-10-4-3-5-11-24)35-20-17-30-15-18-34-19-16-30/h8-9,13,21,24H,1-7,10-12,14-20,22H2,(H2,28,29,33). The van der Waals surface area contributed by atoms with Crippen molar-refractivity contribution in [1.82, 2.24) is 25.6 Å². The fourth-order valence-electron chi connectivity index (χ4n) is 4.60. The minimum Gasteiger partial charge on any atom is -0.379 e. The van der Waals surface area contributed by atoms with Crippen molar-refractivity contribution in [3.05, 3.63) is 30.1 Å². The fourth-order valence-corrected chi connectivity index (χ4v) is 4.60. The molecule has 0 radical (unpaired) electrons. The molecule has 35 heavy (non-hydrogen) atoms. The van der Waals surface area contributed by atoms with Gasteiger partial charge in [0.05, 0.1) is 25.9 Å². The third-order valence-electron chi connectivity index (χ3n) is 6.67. The molecule has 1 aromatic heterocycles. The molecule has 3 rings (SSSR count). The van der Waals surface area contributed by atoms with Crippen LogP contribution in [0.25, 0.3) is 0 Å². The summed E-state index contributed by atoms with van der Waals surface area (Å²) in [5.74, 6) is 0.117. The third-order valence-corrected chi connectivity index (χ3v) is 6.67. The monoisotopic (exact) mass is 489 g/mol. The Balaban J connectivity index is 1.26. The van der Waals surface area contributed by atoms with Crippen molar-refractivity contribution in [2.45, 2.75) is 76.8 Å². The van der Waals surface area contributed by atoms with E-state index in [-0.39, 0.29) is 18.0 Å².